The maximum absolute atomic E-state index is 12.2. The molecular formula is C18H23NO6. The number of amides is 1. The zero-order chi connectivity index (χ0) is 18.8. The van der Waals surface area contributed by atoms with Gasteiger partial charge in [-0.1, -0.05) is 0 Å². The van der Waals surface area contributed by atoms with Crippen LogP contribution < -0.4 is 4.74 Å². The number of ether oxygens (including phenoxy) is 2. The molecular weight excluding hydrogens is 326 g/mol. The Hall–Kier alpha value is -2.57. The molecule has 0 unspecified atom stereocenters. The van der Waals surface area contributed by atoms with Crippen molar-refractivity contribution in [2.45, 2.75) is 51.9 Å². The highest BCUT2D eigenvalue weighted by molar-refractivity contribution is 5.94. The van der Waals surface area contributed by atoms with Crippen LogP contribution in [0.3, 0.4) is 0 Å². The normalized spacial score (nSPS) is 20.2. The van der Waals surface area contributed by atoms with Crippen molar-refractivity contribution in [3.8, 4) is 5.75 Å². The highest BCUT2D eigenvalue weighted by Gasteiger charge is 2.42. The van der Waals surface area contributed by atoms with Gasteiger partial charge in [-0.2, -0.15) is 0 Å². The Kier molecular flexibility index (Phi) is 5.35. The molecule has 1 fully saturated rings. The topological polar surface area (TPSA) is 93.1 Å². The van der Waals surface area contributed by atoms with Gasteiger partial charge in [-0.25, -0.2) is 9.59 Å². The molecule has 1 aromatic rings. The molecule has 1 aliphatic rings. The van der Waals surface area contributed by atoms with Crippen LogP contribution in [0.4, 0.5) is 4.79 Å². The molecule has 0 aliphatic carbocycles. The Labute approximate surface area is 146 Å². The summed E-state index contributed by atoms with van der Waals surface area (Å²) in [6.07, 6.45) is -0.960. The molecule has 0 bridgehead atoms. The third-order valence-corrected chi connectivity index (χ3v) is 3.74. The van der Waals surface area contributed by atoms with Crippen LogP contribution in [0.25, 0.3) is 0 Å². The van der Waals surface area contributed by atoms with E-state index in [9.17, 15) is 19.5 Å². The number of hydrogen-bond acceptors (Lipinski definition) is 5. The predicted octanol–water partition coefficient (Wildman–Crippen LogP) is 2.73. The number of ketones is 1. The van der Waals surface area contributed by atoms with Crippen LogP contribution in [-0.4, -0.2) is 52.1 Å². The van der Waals surface area contributed by atoms with Gasteiger partial charge >= 0.3 is 12.1 Å². The standard InChI is InChI=1S/C18H23NO6/c1-11(20)12-5-7-13(8-6-12)24-14-9-15(16(21)22)19(10-14)17(23)25-18(2,3)4/h5-8,14-15H,9-10H2,1-4H3,(H,21,22)/t14-,15-/m0/s1. The zero-order valence-corrected chi connectivity index (χ0v) is 14.8. The summed E-state index contributed by atoms with van der Waals surface area (Å²) in [7, 11) is 0. The smallest absolute Gasteiger partial charge is 0.411 e. The Morgan fingerprint density at radius 3 is 2.24 bits per heavy atom. The number of benzene rings is 1. The summed E-state index contributed by atoms with van der Waals surface area (Å²) in [5, 5.41) is 9.37. The van der Waals surface area contributed by atoms with Gasteiger partial charge < -0.3 is 14.6 Å². The van der Waals surface area contributed by atoms with Crippen LogP contribution in [0, 0.1) is 0 Å². The van der Waals surface area contributed by atoms with Gasteiger partial charge in [-0.3, -0.25) is 9.69 Å². The molecule has 0 aromatic heterocycles. The fourth-order valence-electron chi connectivity index (χ4n) is 2.60. The first-order valence-electron chi connectivity index (χ1n) is 8.07. The number of carbonyl (C=O) groups is 3. The summed E-state index contributed by atoms with van der Waals surface area (Å²) in [6.45, 7) is 6.77. The molecule has 7 heteroatoms. The van der Waals surface area contributed by atoms with Crippen molar-refractivity contribution in [1.29, 1.82) is 0 Å². The van der Waals surface area contributed by atoms with Gasteiger partial charge in [-0.05, 0) is 52.0 Å². The molecule has 0 saturated carbocycles. The lowest BCUT2D eigenvalue weighted by molar-refractivity contribution is -0.142. The molecule has 136 valence electrons. The minimum Gasteiger partial charge on any atom is -0.488 e. The minimum atomic E-state index is -1.09. The molecule has 1 aliphatic heterocycles. The van der Waals surface area contributed by atoms with E-state index >= 15 is 0 Å². The molecule has 1 N–H and O–H groups in total. The first-order chi connectivity index (χ1) is 11.6. The number of Topliss-reactive ketones (excluding diaryl/α,β-unsaturated/α-hetero) is 1. The van der Waals surface area contributed by atoms with Crippen molar-refractivity contribution in [2.24, 2.45) is 0 Å². The average Bonchev–Trinajstić information content (AvgIpc) is 2.90. The Morgan fingerprint density at radius 2 is 1.76 bits per heavy atom. The Morgan fingerprint density at radius 1 is 1.16 bits per heavy atom. The van der Waals surface area contributed by atoms with Crippen molar-refractivity contribution in [1.82, 2.24) is 4.90 Å². The molecule has 7 nitrogen and oxygen atoms in total. The van der Waals surface area contributed by atoms with E-state index in [-0.39, 0.29) is 18.7 Å². The zero-order valence-electron chi connectivity index (χ0n) is 14.8. The van der Waals surface area contributed by atoms with Gasteiger partial charge in [0.25, 0.3) is 0 Å². The number of carboxylic acid groups (broad SMARTS) is 1. The minimum absolute atomic E-state index is 0.0468. The van der Waals surface area contributed by atoms with Crippen LogP contribution in [0.1, 0.15) is 44.5 Å². The van der Waals surface area contributed by atoms with Crippen molar-refractivity contribution in [3.63, 3.8) is 0 Å². The number of nitrogens with zero attached hydrogens (tertiary/aromatic N) is 1. The third kappa shape index (κ3) is 4.95. The van der Waals surface area contributed by atoms with Crippen LogP contribution in [0.5, 0.6) is 5.75 Å². The second-order valence-electron chi connectivity index (χ2n) is 7.04. The van der Waals surface area contributed by atoms with E-state index in [0.717, 1.165) is 0 Å². The van der Waals surface area contributed by atoms with Crippen LogP contribution in [-0.2, 0) is 9.53 Å². The Bertz CT molecular complexity index is 661. The average molecular weight is 349 g/mol. The molecule has 2 rings (SSSR count). The molecule has 1 amide bonds. The number of hydrogen-bond donors (Lipinski definition) is 1. The van der Waals surface area contributed by atoms with E-state index in [1.807, 2.05) is 0 Å². The number of rotatable bonds is 4. The van der Waals surface area contributed by atoms with E-state index in [1.165, 1.54) is 11.8 Å². The van der Waals surface area contributed by atoms with Gasteiger partial charge in [0.2, 0.25) is 0 Å². The van der Waals surface area contributed by atoms with Crippen molar-refractivity contribution in [3.05, 3.63) is 29.8 Å². The summed E-state index contributed by atoms with van der Waals surface area (Å²) in [4.78, 5) is 36.2. The fraction of sp³-hybridized carbons (Fsp3) is 0.500. The summed E-state index contributed by atoms with van der Waals surface area (Å²) >= 11 is 0. The molecule has 1 saturated heterocycles. The van der Waals surface area contributed by atoms with Crippen molar-refractivity contribution in [2.75, 3.05) is 6.54 Å². The lowest BCUT2D eigenvalue weighted by atomic mass is 10.1. The van der Waals surface area contributed by atoms with Gasteiger partial charge in [0.1, 0.15) is 23.5 Å². The lowest BCUT2D eigenvalue weighted by Crippen LogP contribution is -2.43. The molecule has 0 radical (unpaired) electrons. The van der Waals surface area contributed by atoms with Crippen molar-refractivity contribution < 1.29 is 29.0 Å². The quantitative estimate of drug-likeness (QED) is 0.840. The first-order valence-corrected chi connectivity index (χ1v) is 8.07. The second-order valence-corrected chi connectivity index (χ2v) is 7.04. The summed E-state index contributed by atoms with van der Waals surface area (Å²) in [5.74, 6) is -0.622. The number of aliphatic carboxylic acids is 1. The van der Waals surface area contributed by atoms with E-state index in [4.69, 9.17) is 9.47 Å². The molecule has 2 atom stereocenters. The Balaban J connectivity index is 2.07. The van der Waals surface area contributed by atoms with Crippen molar-refractivity contribution >= 4 is 17.8 Å². The summed E-state index contributed by atoms with van der Waals surface area (Å²) in [5.41, 5.74) is -0.140. The summed E-state index contributed by atoms with van der Waals surface area (Å²) in [6, 6.07) is 5.61. The van der Waals surface area contributed by atoms with E-state index in [1.54, 1.807) is 45.0 Å². The van der Waals surface area contributed by atoms with Gasteiger partial charge in [0, 0.05) is 12.0 Å². The van der Waals surface area contributed by atoms with E-state index < -0.39 is 29.8 Å². The van der Waals surface area contributed by atoms with Gasteiger partial charge in [0.05, 0.1) is 6.54 Å². The maximum Gasteiger partial charge on any atom is 0.411 e. The monoisotopic (exact) mass is 349 g/mol. The predicted molar refractivity (Wildman–Crippen MR) is 89.8 cm³/mol. The second kappa shape index (κ2) is 7.13. The third-order valence-electron chi connectivity index (χ3n) is 3.74. The maximum atomic E-state index is 12.2. The first kappa shape index (κ1) is 18.8. The van der Waals surface area contributed by atoms with Gasteiger partial charge in [-0.15, -0.1) is 0 Å². The van der Waals surface area contributed by atoms with Gasteiger partial charge in [0.15, 0.2) is 5.78 Å². The largest absolute Gasteiger partial charge is 0.488 e. The number of likely N-dealkylation sites (tertiary alicyclic amines) is 1. The molecule has 25 heavy (non-hydrogen) atoms. The van der Waals surface area contributed by atoms with E-state index in [2.05, 4.69) is 0 Å². The van der Waals surface area contributed by atoms with E-state index in [0.29, 0.717) is 11.3 Å². The highest BCUT2D eigenvalue weighted by Crippen LogP contribution is 2.25. The molecule has 0 spiro atoms. The lowest BCUT2D eigenvalue weighted by Gasteiger charge is -2.26. The fourth-order valence-corrected chi connectivity index (χ4v) is 2.60. The van der Waals surface area contributed by atoms with Crippen LogP contribution >= 0.6 is 0 Å². The number of carboxylic acids is 1. The van der Waals surface area contributed by atoms with Crippen LogP contribution in [0.2, 0.25) is 0 Å². The molecule has 1 aromatic carbocycles. The SMILES string of the molecule is CC(=O)c1ccc(O[C@H]2C[C@@H](C(=O)O)N(C(=O)OC(C)(C)C)C2)cc1. The summed E-state index contributed by atoms with van der Waals surface area (Å²) < 4.78 is 11.1. The molecule has 1 heterocycles. The van der Waals surface area contributed by atoms with Crippen LogP contribution in [0.15, 0.2) is 24.3 Å². The highest BCUT2D eigenvalue weighted by atomic mass is 16.6. The number of carbonyl (C=O) groups excluding carboxylic acids is 2.